The number of halogens is 1. The first-order chi connectivity index (χ1) is 12.2. The van der Waals surface area contributed by atoms with E-state index < -0.39 is 0 Å². The molecule has 0 saturated heterocycles. The van der Waals surface area contributed by atoms with Crippen molar-refractivity contribution in [1.82, 2.24) is 9.55 Å². The van der Waals surface area contributed by atoms with Crippen molar-refractivity contribution >= 4 is 32.9 Å². The molecule has 6 heteroatoms. The number of aromatic nitrogens is 2. The van der Waals surface area contributed by atoms with Crippen LogP contribution in [0.25, 0.3) is 20.7 Å². The van der Waals surface area contributed by atoms with Gasteiger partial charge in [-0.2, -0.15) is 0 Å². The molecule has 0 bridgehead atoms. The minimum absolute atomic E-state index is 0.0754. The molecule has 3 aromatic heterocycles. The van der Waals surface area contributed by atoms with E-state index in [1.807, 2.05) is 23.6 Å². The molecule has 4 aromatic rings. The summed E-state index contributed by atoms with van der Waals surface area (Å²) in [4.78, 5) is 20.6. The zero-order chi connectivity index (χ0) is 17.4. The third-order valence-corrected chi connectivity index (χ3v) is 6.21. The third-order valence-electron chi connectivity index (χ3n) is 4.08. The van der Waals surface area contributed by atoms with E-state index in [2.05, 4.69) is 11.9 Å². The Labute approximate surface area is 152 Å². The molecule has 0 fully saturated rings. The number of nitrogens with zero attached hydrogens (tertiary/aromatic N) is 2. The van der Waals surface area contributed by atoms with Gasteiger partial charge < -0.3 is 0 Å². The third kappa shape index (κ3) is 2.92. The SMILES string of the molecule is CCc1sc2ncn(Cc3cccc(F)c3)c(=O)c2c1-c1cccs1. The van der Waals surface area contributed by atoms with Crippen LogP contribution >= 0.6 is 22.7 Å². The number of aryl methyl sites for hydroxylation is 1. The molecule has 3 heterocycles. The second-order valence-electron chi connectivity index (χ2n) is 5.72. The van der Waals surface area contributed by atoms with E-state index in [1.165, 1.54) is 17.0 Å². The van der Waals surface area contributed by atoms with Crippen LogP contribution in [0.3, 0.4) is 0 Å². The Morgan fingerprint density at radius 1 is 1.24 bits per heavy atom. The van der Waals surface area contributed by atoms with Crippen LogP contribution in [0.2, 0.25) is 0 Å². The summed E-state index contributed by atoms with van der Waals surface area (Å²) in [5, 5.41) is 2.68. The van der Waals surface area contributed by atoms with Gasteiger partial charge in [-0.1, -0.05) is 25.1 Å². The zero-order valence-corrected chi connectivity index (χ0v) is 15.2. The monoisotopic (exact) mass is 370 g/mol. The molecular formula is C19H15FN2OS2. The van der Waals surface area contributed by atoms with Crippen molar-refractivity contribution in [1.29, 1.82) is 0 Å². The van der Waals surface area contributed by atoms with Crippen LogP contribution in [0.15, 0.2) is 52.9 Å². The van der Waals surface area contributed by atoms with Crippen molar-refractivity contribution < 1.29 is 4.39 Å². The van der Waals surface area contributed by atoms with Crippen molar-refractivity contribution in [2.75, 3.05) is 0 Å². The van der Waals surface area contributed by atoms with Crippen molar-refractivity contribution in [3.05, 3.63) is 74.7 Å². The second kappa shape index (κ2) is 6.54. The molecule has 1 aromatic carbocycles. The van der Waals surface area contributed by atoms with Gasteiger partial charge in [-0.3, -0.25) is 9.36 Å². The topological polar surface area (TPSA) is 34.9 Å². The van der Waals surface area contributed by atoms with Gasteiger partial charge in [-0.15, -0.1) is 22.7 Å². The highest BCUT2D eigenvalue weighted by atomic mass is 32.1. The standard InChI is InChI=1S/C19H15FN2OS2/c1-2-14-16(15-7-4-8-24-15)17-18(25-14)21-11-22(19(17)23)10-12-5-3-6-13(20)9-12/h3-9,11H,2,10H2,1H3. The fraction of sp³-hybridized carbons (Fsp3) is 0.158. The predicted molar refractivity (Wildman–Crippen MR) is 102 cm³/mol. The van der Waals surface area contributed by atoms with Crippen LogP contribution in [0.5, 0.6) is 0 Å². The van der Waals surface area contributed by atoms with Gasteiger partial charge >= 0.3 is 0 Å². The summed E-state index contributed by atoms with van der Waals surface area (Å²) in [6.07, 6.45) is 2.42. The fourth-order valence-electron chi connectivity index (χ4n) is 2.95. The molecule has 4 rings (SSSR count). The Balaban J connectivity index is 1.90. The van der Waals surface area contributed by atoms with E-state index in [1.54, 1.807) is 39.6 Å². The van der Waals surface area contributed by atoms with E-state index >= 15 is 0 Å². The van der Waals surface area contributed by atoms with Crippen LogP contribution in [0, 0.1) is 5.82 Å². The van der Waals surface area contributed by atoms with Crippen molar-refractivity contribution in [3.63, 3.8) is 0 Å². The second-order valence-corrected chi connectivity index (χ2v) is 7.75. The average molecular weight is 370 g/mol. The Morgan fingerprint density at radius 3 is 2.84 bits per heavy atom. The number of rotatable bonds is 4. The van der Waals surface area contributed by atoms with Crippen molar-refractivity contribution in [3.8, 4) is 10.4 Å². The van der Waals surface area contributed by atoms with Gasteiger partial charge in [0.2, 0.25) is 0 Å². The first-order valence-electron chi connectivity index (χ1n) is 7.96. The molecule has 0 aliphatic heterocycles. The maximum atomic E-state index is 13.4. The summed E-state index contributed by atoms with van der Waals surface area (Å²) < 4.78 is 15.0. The molecule has 0 aliphatic carbocycles. The van der Waals surface area contributed by atoms with Crippen molar-refractivity contribution in [2.24, 2.45) is 0 Å². The van der Waals surface area contributed by atoms with Crippen LogP contribution in [-0.4, -0.2) is 9.55 Å². The smallest absolute Gasteiger partial charge is 0.263 e. The van der Waals surface area contributed by atoms with Gasteiger partial charge in [-0.05, 0) is 35.6 Å². The number of benzene rings is 1. The highest BCUT2D eigenvalue weighted by Crippen LogP contribution is 2.38. The highest BCUT2D eigenvalue weighted by molar-refractivity contribution is 7.20. The quantitative estimate of drug-likeness (QED) is 0.510. The Bertz CT molecular complexity index is 1100. The molecule has 0 amide bonds. The molecule has 0 atom stereocenters. The maximum Gasteiger partial charge on any atom is 0.263 e. The molecule has 0 saturated carbocycles. The van der Waals surface area contributed by atoms with E-state index in [0.29, 0.717) is 11.9 Å². The van der Waals surface area contributed by atoms with E-state index in [4.69, 9.17) is 0 Å². The van der Waals surface area contributed by atoms with Crippen LogP contribution in [0.1, 0.15) is 17.4 Å². The predicted octanol–water partition coefficient (Wildman–Crippen LogP) is 4.94. The molecule has 3 nitrogen and oxygen atoms in total. The lowest BCUT2D eigenvalue weighted by Crippen LogP contribution is -2.21. The van der Waals surface area contributed by atoms with Crippen molar-refractivity contribution in [2.45, 2.75) is 19.9 Å². The number of hydrogen-bond acceptors (Lipinski definition) is 4. The molecule has 0 N–H and O–H groups in total. The van der Waals surface area contributed by atoms with Gasteiger partial charge in [-0.25, -0.2) is 9.37 Å². The summed E-state index contributed by atoms with van der Waals surface area (Å²) in [7, 11) is 0. The summed E-state index contributed by atoms with van der Waals surface area (Å²) >= 11 is 3.20. The van der Waals surface area contributed by atoms with Crippen LogP contribution in [-0.2, 0) is 13.0 Å². The number of thiophene rings is 2. The van der Waals surface area contributed by atoms with E-state index in [9.17, 15) is 9.18 Å². The molecule has 0 unspecified atom stereocenters. The van der Waals surface area contributed by atoms with Gasteiger partial charge in [0.25, 0.3) is 5.56 Å². The largest absolute Gasteiger partial charge is 0.294 e. The summed E-state index contributed by atoms with van der Waals surface area (Å²) in [6, 6.07) is 10.3. The van der Waals surface area contributed by atoms with Crippen LogP contribution in [0.4, 0.5) is 4.39 Å². The molecule has 0 radical (unpaired) electrons. The Kier molecular flexibility index (Phi) is 4.23. The summed E-state index contributed by atoms with van der Waals surface area (Å²) in [5.74, 6) is -0.303. The molecule has 0 aliphatic rings. The molecule has 25 heavy (non-hydrogen) atoms. The average Bonchev–Trinajstić information content (AvgIpc) is 3.24. The van der Waals surface area contributed by atoms with E-state index in [0.717, 1.165) is 27.3 Å². The first kappa shape index (κ1) is 16.2. The Hall–Kier alpha value is -2.31. The van der Waals surface area contributed by atoms with Gasteiger partial charge in [0.05, 0.1) is 18.3 Å². The lowest BCUT2D eigenvalue weighted by Gasteiger charge is -2.06. The lowest BCUT2D eigenvalue weighted by atomic mass is 10.1. The molecule has 0 spiro atoms. The summed E-state index contributed by atoms with van der Waals surface area (Å²) in [5.41, 5.74) is 1.67. The lowest BCUT2D eigenvalue weighted by molar-refractivity contribution is 0.622. The number of fused-ring (bicyclic) bond motifs is 1. The summed E-state index contributed by atoms with van der Waals surface area (Å²) in [6.45, 7) is 2.40. The minimum Gasteiger partial charge on any atom is -0.294 e. The zero-order valence-electron chi connectivity index (χ0n) is 13.5. The minimum atomic E-state index is -0.303. The fourth-order valence-corrected chi connectivity index (χ4v) is 4.90. The van der Waals surface area contributed by atoms with Gasteiger partial charge in [0.1, 0.15) is 10.6 Å². The van der Waals surface area contributed by atoms with Gasteiger partial charge in [0, 0.05) is 15.3 Å². The normalized spacial score (nSPS) is 11.3. The van der Waals surface area contributed by atoms with Gasteiger partial charge in [0.15, 0.2) is 0 Å². The molecular weight excluding hydrogens is 355 g/mol. The molecule has 126 valence electrons. The van der Waals surface area contributed by atoms with Crippen LogP contribution < -0.4 is 5.56 Å². The Morgan fingerprint density at radius 2 is 2.12 bits per heavy atom. The number of hydrogen-bond donors (Lipinski definition) is 0. The first-order valence-corrected chi connectivity index (χ1v) is 9.66. The maximum absolute atomic E-state index is 13.4. The highest BCUT2D eigenvalue weighted by Gasteiger charge is 2.18. The van der Waals surface area contributed by atoms with E-state index in [-0.39, 0.29) is 11.4 Å².